The Balaban J connectivity index is 1.39. The monoisotopic (exact) mass is 417 g/mol. The Kier molecular flexibility index (Phi) is 6.00. The van der Waals surface area contributed by atoms with Crippen molar-refractivity contribution < 1.29 is 4.52 Å². The van der Waals surface area contributed by atoms with E-state index in [2.05, 4.69) is 75.4 Å². The molecule has 2 fully saturated rings. The molecule has 162 valence electrons. The van der Waals surface area contributed by atoms with Gasteiger partial charge < -0.3 is 14.3 Å². The number of nitrogens with zero attached hydrogens (tertiary/aromatic N) is 5. The fourth-order valence-electron chi connectivity index (χ4n) is 4.66. The minimum atomic E-state index is -0.0104. The van der Waals surface area contributed by atoms with Crippen molar-refractivity contribution in [1.82, 2.24) is 19.9 Å². The van der Waals surface area contributed by atoms with Gasteiger partial charge in [0.1, 0.15) is 6.04 Å². The Morgan fingerprint density at radius 2 is 1.52 bits per heavy atom. The number of aromatic nitrogens is 2. The standard InChI is InChI=1S/C25H31N5O/c1-28-16-18-30(19-17-28)23(20-8-4-2-5-9-20)25-26-24(27-31-25)21-10-12-22(13-11-21)29-14-6-3-7-15-29/h2,4-5,8-13,23H,3,6-7,14-19H2,1H3/t23-/m0/s1. The van der Waals surface area contributed by atoms with E-state index >= 15 is 0 Å². The number of rotatable bonds is 5. The lowest BCUT2D eigenvalue weighted by Crippen LogP contribution is -2.46. The zero-order valence-corrected chi connectivity index (χ0v) is 18.3. The van der Waals surface area contributed by atoms with E-state index in [0.717, 1.165) is 44.8 Å². The van der Waals surface area contributed by atoms with Crippen molar-refractivity contribution in [3.8, 4) is 11.4 Å². The Morgan fingerprint density at radius 3 is 2.23 bits per heavy atom. The average molecular weight is 418 g/mol. The summed E-state index contributed by atoms with van der Waals surface area (Å²) in [5.74, 6) is 1.33. The van der Waals surface area contributed by atoms with E-state index < -0.39 is 0 Å². The predicted octanol–water partition coefficient (Wildman–Crippen LogP) is 4.06. The first-order chi connectivity index (χ1) is 15.3. The van der Waals surface area contributed by atoms with Gasteiger partial charge in [-0.15, -0.1) is 0 Å². The molecule has 0 radical (unpaired) electrons. The van der Waals surface area contributed by atoms with Crippen molar-refractivity contribution in [1.29, 1.82) is 0 Å². The fourth-order valence-corrected chi connectivity index (χ4v) is 4.66. The lowest BCUT2D eigenvalue weighted by atomic mass is 10.0. The fraction of sp³-hybridized carbons (Fsp3) is 0.440. The van der Waals surface area contributed by atoms with Gasteiger partial charge in [0.2, 0.25) is 11.7 Å². The molecule has 5 rings (SSSR count). The molecule has 1 aromatic heterocycles. The molecule has 2 saturated heterocycles. The molecule has 0 amide bonds. The smallest absolute Gasteiger partial charge is 0.248 e. The van der Waals surface area contributed by atoms with Crippen LogP contribution in [-0.4, -0.2) is 66.3 Å². The molecular formula is C25H31N5O. The third-order valence-corrected chi connectivity index (χ3v) is 6.54. The zero-order valence-electron chi connectivity index (χ0n) is 18.3. The van der Waals surface area contributed by atoms with Crippen LogP contribution in [0, 0.1) is 0 Å². The van der Waals surface area contributed by atoms with Gasteiger partial charge in [-0.1, -0.05) is 35.5 Å². The molecule has 2 aliphatic rings. The topological polar surface area (TPSA) is 48.6 Å². The summed E-state index contributed by atoms with van der Waals surface area (Å²) >= 11 is 0. The van der Waals surface area contributed by atoms with E-state index in [4.69, 9.17) is 9.51 Å². The summed E-state index contributed by atoms with van der Waals surface area (Å²) in [4.78, 5) is 12.1. The molecule has 2 aromatic carbocycles. The summed E-state index contributed by atoms with van der Waals surface area (Å²) in [6.07, 6.45) is 3.91. The maximum Gasteiger partial charge on any atom is 0.248 e. The molecule has 2 aliphatic heterocycles. The molecule has 0 N–H and O–H groups in total. The number of anilines is 1. The quantitative estimate of drug-likeness (QED) is 0.624. The van der Waals surface area contributed by atoms with Gasteiger partial charge in [-0.05, 0) is 56.1 Å². The Hall–Kier alpha value is -2.70. The minimum absolute atomic E-state index is 0.0104. The molecule has 6 heteroatoms. The summed E-state index contributed by atoms with van der Waals surface area (Å²) in [6.45, 7) is 6.35. The molecule has 6 nitrogen and oxygen atoms in total. The summed E-state index contributed by atoms with van der Waals surface area (Å²) in [5, 5.41) is 4.35. The van der Waals surface area contributed by atoms with Crippen LogP contribution >= 0.6 is 0 Å². The highest BCUT2D eigenvalue weighted by molar-refractivity contribution is 5.60. The van der Waals surface area contributed by atoms with Crippen molar-refractivity contribution >= 4 is 5.69 Å². The molecule has 3 aromatic rings. The van der Waals surface area contributed by atoms with Crippen LogP contribution in [0.3, 0.4) is 0 Å². The van der Waals surface area contributed by atoms with Crippen LogP contribution in [0.25, 0.3) is 11.4 Å². The molecule has 0 saturated carbocycles. The molecule has 1 atom stereocenters. The van der Waals surface area contributed by atoms with Gasteiger partial charge in [-0.25, -0.2) is 0 Å². The first kappa shape index (κ1) is 20.2. The summed E-state index contributed by atoms with van der Waals surface area (Å²) in [6, 6.07) is 19.1. The third kappa shape index (κ3) is 4.50. The molecule has 0 bridgehead atoms. The van der Waals surface area contributed by atoms with E-state index in [0.29, 0.717) is 11.7 Å². The maximum absolute atomic E-state index is 5.84. The second-order valence-corrected chi connectivity index (χ2v) is 8.70. The summed E-state index contributed by atoms with van der Waals surface area (Å²) in [7, 11) is 2.17. The first-order valence-electron chi connectivity index (χ1n) is 11.4. The maximum atomic E-state index is 5.84. The van der Waals surface area contributed by atoms with Gasteiger partial charge in [0.15, 0.2) is 0 Å². The van der Waals surface area contributed by atoms with Crippen LogP contribution in [0.1, 0.15) is 36.8 Å². The predicted molar refractivity (Wildman–Crippen MR) is 123 cm³/mol. The van der Waals surface area contributed by atoms with Gasteiger partial charge in [0.05, 0.1) is 0 Å². The molecule has 0 aliphatic carbocycles. The normalized spacial score (nSPS) is 19.5. The van der Waals surface area contributed by atoms with Crippen molar-refractivity contribution in [2.75, 3.05) is 51.2 Å². The number of piperidine rings is 1. The van der Waals surface area contributed by atoms with Crippen LogP contribution in [-0.2, 0) is 0 Å². The lowest BCUT2D eigenvalue weighted by molar-refractivity contribution is 0.111. The first-order valence-corrected chi connectivity index (χ1v) is 11.4. The van der Waals surface area contributed by atoms with E-state index in [-0.39, 0.29) is 6.04 Å². The lowest BCUT2D eigenvalue weighted by Gasteiger charge is -2.36. The average Bonchev–Trinajstić information content (AvgIpc) is 3.32. The minimum Gasteiger partial charge on any atom is -0.372 e. The second kappa shape index (κ2) is 9.20. The zero-order chi connectivity index (χ0) is 21.0. The van der Waals surface area contributed by atoms with E-state index in [1.54, 1.807) is 0 Å². The van der Waals surface area contributed by atoms with Crippen LogP contribution in [0.15, 0.2) is 59.1 Å². The highest BCUT2D eigenvalue weighted by Gasteiger charge is 2.30. The molecule has 0 spiro atoms. The van der Waals surface area contributed by atoms with E-state index in [1.165, 1.54) is 30.5 Å². The van der Waals surface area contributed by atoms with Crippen molar-refractivity contribution in [2.24, 2.45) is 0 Å². The van der Waals surface area contributed by atoms with Crippen LogP contribution < -0.4 is 4.90 Å². The highest BCUT2D eigenvalue weighted by atomic mass is 16.5. The molecule has 0 unspecified atom stereocenters. The van der Waals surface area contributed by atoms with Gasteiger partial charge in [0, 0.05) is 50.5 Å². The Bertz CT molecular complexity index is 957. The van der Waals surface area contributed by atoms with Gasteiger partial charge in [-0.3, -0.25) is 4.90 Å². The number of hydrogen-bond acceptors (Lipinski definition) is 6. The number of piperazine rings is 1. The van der Waals surface area contributed by atoms with Gasteiger partial charge in [-0.2, -0.15) is 4.98 Å². The van der Waals surface area contributed by atoms with E-state index in [1.807, 2.05) is 6.07 Å². The van der Waals surface area contributed by atoms with Crippen LogP contribution in [0.5, 0.6) is 0 Å². The van der Waals surface area contributed by atoms with Crippen LogP contribution in [0.2, 0.25) is 0 Å². The van der Waals surface area contributed by atoms with Crippen molar-refractivity contribution in [3.05, 3.63) is 66.1 Å². The third-order valence-electron chi connectivity index (χ3n) is 6.54. The largest absolute Gasteiger partial charge is 0.372 e. The SMILES string of the molecule is CN1CCN([C@@H](c2ccccc2)c2nc(-c3ccc(N4CCCCC4)cc3)no2)CC1. The second-order valence-electron chi connectivity index (χ2n) is 8.70. The Labute approximate surface area is 184 Å². The molecular weight excluding hydrogens is 386 g/mol. The molecule has 3 heterocycles. The van der Waals surface area contributed by atoms with Gasteiger partial charge >= 0.3 is 0 Å². The van der Waals surface area contributed by atoms with Crippen molar-refractivity contribution in [2.45, 2.75) is 25.3 Å². The summed E-state index contributed by atoms with van der Waals surface area (Å²) < 4.78 is 5.84. The van der Waals surface area contributed by atoms with Crippen LogP contribution in [0.4, 0.5) is 5.69 Å². The summed E-state index contributed by atoms with van der Waals surface area (Å²) in [5.41, 5.74) is 3.48. The number of likely N-dealkylation sites (N-methyl/N-ethyl adjacent to an activating group) is 1. The van der Waals surface area contributed by atoms with Gasteiger partial charge in [0.25, 0.3) is 0 Å². The Morgan fingerprint density at radius 1 is 0.806 bits per heavy atom. The van der Waals surface area contributed by atoms with Crippen molar-refractivity contribution in [3.63, 3.8) is 0 Å². The van der Waals surface area contributed by atoms with E-state index in [9.17, 15) is 0 Å². The number of hydrogen-bond donors (Lipinski definition) is 0. The highest BCUT2D eigenvalue weighted by Crippen LogP contribution is 2.30. The molecule has 31 heavy (non-hydrogen) atoms. The number of benzene rings is 2.